The molecule has 1 aliphatic rings. The lowest BCUT2D eigenvalue weighted by atomic mass is 10.0. The van der Waals surface area contributed by atoms with E-state index in [1.54, 1.807) is 6.07 Å². The van der Waals surface area contributed by atoms with Crippen molar-refractivity contribution in [2.45, 2.75) is 19.5 Å². The van der Waals surface area contributed by atoms with Gasteiger partial charge in [-0.1, -0.05) is 0 Å². The minimum atomic E-state index is -3.04. The van der Waals surface area contributed by atoms with Gasteiger partial charge < -0.3 is 9.84 Å². The summed E-state index contributed by atoms with van der Waals surface area (Å²) in [7, 11) is 0. The number of alkyl halides is 2. The van der Waals surface area contributed by atoms with Crippen molar-refractivity contribution in [3.8, 4) is 16.9 Å². The van der Waals surface area contributed by atoms with Crippen LogP contribution >= 0.6 is 0 Å². The Morgan fingerprint density at radius 2 is 2.00 bits per heavy atom. The molecular formula is C16H12F3NO3. The summed E-state index contributed by atoms with van der Waals surface area (Å²) in [4.78, 5) is 15.3. The number of fused-ring (bicyclic) bond motifs is 1. The van der Waals surface area contributed by atoms with Gasteiger partial charge in [0.1, 0.15) is 11.6 Å². The lowest BCUT2D eigenvalue weighted by Crippen LogP contribution is -2.13. The van der Waals surface area contributed by atoms with Gasteiger partial charge >= 0.3 is 12.6 Å². The average molecular weight is 323 g/mol. The van der Waals surface area contributed by atoms with Crippen LogP contribution in [0.2, 0.25) is 0 Å². The van der Waals surface area contributed by atoms with Crippen LogP contribution in [0.3, 0.4) is 0 Å². The van der Waals surface area contributed by atoms with E-state index in [1.807, 2.05) is 0 Å². The van der Waals surface area contributed by atoms with Crippen molar-refractivity contribution in [2.24, 2.45) is 5.92 Å². The normalized spacial score (nSPS) is 16.4. The zero-order valence-electron chi connectivity index (χ0n) is 11.8. The van der Waals surface area contributed by atoms with E-state index >= 15 is 0 Å². The Balaban J connectivity index is 1.93. The van der Waals surface area contributed by atoms with E-state index in [1.165, 1.54) is 18.3 Å². The number of aliphatic carboxylic acids is 1. The maximum atomic E-state index is 13.6. The predicted octanol–water partition coefficient (Wildman–Crippen LogP) is 3.29. The topological polar surface area (TPSA) is 59.4 Å². The monoisotopic (exact) mass is 323 g/mol. The Labute approximate surface area is 129 Å². The first kappa shape index (κ1) is 15.3. The molecule has 4 nitrogen and oxygen atoms in total. The van der Waals surface area contributed by atoms with Crippen LogP contribution in [-0.2, 0) is 17.6 Å². The predicted molar refractivity (Wildman–Crippen MR) is 74.8 cm³/mol. The third kappa shape index (κ3) is 3.28. The third-order valence-electron chi connectivity index (χ3n) is 3.74. The minimum Gasteiger partial charge on any atom is -0.481 e. The van der Waals surface area contributed by atoms with Gasteiger partial charge in [0.05, 0.1) is 5.92 Å². The largest absolute Gasteiger partial charge is 0.481 e. The molecule has 1 aromatic carbocycles. The lowest BCUT2D eigenvalue weighted by molar-refractivity contribution is -0.141. The highest BCUT2D eigenvalue weighted by Gasteiger charge is 2.28. The summed E-state index contributed by atoms with van der Waals surface area (Å²) < 4.78 is 42.4. The summed E-state index contributed by atoms with van der Waals surface area (Å²) in [5.41, 5.74) is 2.33. The Hall–Kier alpha value is -2.57. The first-order valence-corrected chi connectivity index (χ1v) is 6.89. The van der Waals surface area contributed by atoms with Crippen molar-refractivity contribution in [1.29, 1.82) is 0 Å². The molecule has 0 saturated carbocycles. The van der Waals surface area contributed by atoms with Gasteiger partial charge in [0, 0.05) is 29.9 Å². The molecule has 1 aliphatic carbocycles. The van der Waals surface area contributed by atoms with Gasteiger partial charge in [-0.15, -0.1) is 0 Å². The van der Waals surface area contributed by atoms with Crippen molar-refractivity contribution >= 4 is 5.97 Å². The van der Waals surface area contributed by atoms with Crippen LogP contribution in [0.1, 0.15) is 11.3 Å². The van der Waals surface area contributed by atoms with E-state index in [-0.39, 0.29) is 5.75 Å². The molecule has 0 bridgehead atoms. The second kappa shape index (κ2) is 5.91. The number of carbonyl (C=O) groups is 1. The second-order valence-electron chi connectivity index (χ2n) is 5.33. The van der Waals surface area contributed by atoms with Crippen molar-refractivity contribution in [2.75, 3.05) is 0 Å². The number of aromatic nitrogens is 1. The number of rotatable bonds is 4. The van der Waals surface area contributed by atoms with Gasteiger partial charge in [-0.05, 0) is 35.7 Å². The van der Waals surface area contributed by atoms with Gasteiger partial charge in [-0.2, -0.15) is 8.78 Å². The van der Waals surface area contributed by atoms with E-state index in [0.717, 1.165) is 11.6 Å². The number of hydrogen-bond acceptors (Lipinski definition) is 3. The molecule has 0 fully saturated rings. The number of hydrogen-bond donors (Lipinski definition) is 1. The second-order valence-corrected chi connectivity index (χ2v) is 5.33. The van der Waals surface area contributed by atoms with Crippen LogP contribution in [-0.4, -0.2) is 22.7 Å². The maximum Gasteiger partial charge on any atom is 0.387 e. The van der Waals surface area contributed by atoms with Gasteiger partial charge in [0.15, 0.2) is 0 Å². The smallest absolute Gasteiger partial charge is 0.387 e. The molecule has 2 aromatic rings. The molecule has 0 radical (unpaired) electrons. The lowest BCUT2D eigenvalue weighted by Gasteiger charge is -2.09. The fourth-order valence-corrected chi connectivity index (χ4v) is 2.70. The SMILES string of the molecule is O=C(O)C1Cc2cc(-c3cc(F)cc(OC(F)F)c3)cnc2C1. The molecule has 0 aliphatic heterocycles. The summed E-state index contributed by atoms with van der Waals surface area (Å²) in [6.45, 7) is -3.04. The van der Waals surface area contributed by atoms with Gasteiger partial charge in [-0.25, -0.2) is 4.39 Å². The Bertz CT molecular complexity index is 764. The van der Waals surface area contributed by atoms with E-state index < -0.39 is 24.3 Å². The summed E-state index contributed by atoms with van der Waals surface area (Å²) in [5.74, 6) is -2.39. The molecule has 1 unspecified atom stereocenters. The summed E-state index contributed by atoms with van der Waals surface area (Å²) >= 11 is 0. The molecular weight excluding hydrogens is 311 g/mol. The quantitative estimate of drug-likeness (QED) is 0.938. The number of pyridine rings is 1. The molecule has 0 spiro atoms. The Kier molecular flexibility index (Phi) is 3.94. The van der Waals surface area contributed by atoms with Crippen molar-refractivity contribution in [1.82, 2.24) is 4.98 Å². The molecule has 23 heavy (non-hydrogen) atoms. The van der Waals surface area contributed by atoms with Crippen LogP contribution < -0.4 is 4.74 Å². The molecule has 0 saturated heterocycles. The number of carboxylic acids is 1. The molecule has 120 valence electrons. The molecule has 3 rings (SSSR count). The van der Waals surface area contributed by atoms with E-state index in [9.17, 15) is 18.0 Å². The molecule has 1 aromatic heterocycles. The van der Waals surface area contributed by atoms with E-state index in [0.29, 0.717) is 29.7 Å². The highest BCUT2D eigenvalue weighted by Crippen LogP contribution is 2.31. The average Bonchev–Trinajstić information content (AvgIpc) is 2.89. The van der Waals surface area contributed by atoms with Crippen LogP contribution in [0.15, 0.2) is 30.5 Å². The van der Waals surface area contributed by atoms with Crippen LogP contribution in [0.4, 0.5) is 13.2 Å². The number of benzene rings is 1. The molecule has 1 atom stereocenters. The van der Waals surface area contributed by atoms with Crippen LogP contribution in [0.25, 0.3) is 11.1 Å². The Morgan fingerprint density at radius 3 is 2.70 bits per heavy atom. The molecule has 7 heteroatoms. The van der Waals surface area contributed by atoms with Crippen LogP contribution in [0.5, 0.6) is 5.75 Å². The zero-order valence-corrected chi connectivity index (χ0v) is 11.8. The summed E-state index contributed by atoms with van der Waals surface area (Å²) in [6.07, 6.45) is 2.18. The fourth-order valence-electron chi connectivity index (χ4n) is 2.70. The summed E-state index contributed by atoms with van der Waals surface area (Å²) in [6, 6.07) is 5.07. The number of carboxylic acid groups (broad SMARTS) is 1. The maximum absolute atomic E-state index is 13.6. The number of nitrogens with zero attached hydrogens (tertiary/aromatic N) is 1. The first-order valence-electron chi connectivity index (χ1n) is 6.89. The fraction of sp³-hybridized carbons (Fsp3) is 0.250. The first-order chi connectivity index (χ1) is 10.9. The highest BCUT2D eigenvalue weighted by atomic mass is 19.3. The number of ether oxygens (including phenoxy) is 1. The molecule has 1 N–H and O–H groups in total. The summed E-state index contributed by atoms with van der Waals surface area (Å²) in [5, 5.41) is 9.06. The minimum absolute atomic E-state index is 0.279. The standard InChI is InChI=1S/C16H12F3NO3/c17-12-3-8(4-13(6-12)23-16(18)19)11-2-9-1-10(15(21)22)5-14(9)20-7-11/h2-4,6-7,10,16H,1,5H2,(H,21,22). The van der Waals surface area contributed by atoms with Crippen molar-refractivity contribution in [3.05, 3.63) is 47.5 Å². The van der Waals surface area contributed by atoms with Gasteiger partial charge in [-0.3, -0.25) is 9.78 Å². The van der Waals surface area contributed by atoms with Crippen LogP contribution in [0, 0.1) is 11.7 Å². The molecule has 0 amide bonds. The van der Waals surface area contributed by atoms with Crippen molar-refractivity contribution < 1.29 is 27.8 Å². The van der Waals surface area contributed by atoms with E-state index in [2.05, 4.69) is 9.72 Å². The van der Waals surface area contributed by atoms with Gasteiger partial charge in [0.2, 0.25) is 0 Å². The zero-order chi connectivity index (χ0) is 16.6. The third-order valence-corrected chi connectivity index (χ3v) is 3.74. The van der Waals surface area contributed by atoms with Gasteiger partial charge in [0.25, 0.3) is 0 Å². The molecule has 1 heterocycles. The van der Waals surface area contributed by atoms with Crippen molar-refractivity contribution in [3.63, 3.8) is 0 Å². The highest BCUT2D eigenvalue weighted by molar-refractivity contribution is 5.73. The van der Waals surface area contributed by atoms with E-state index in [4.69, 9.17) is 5.11 Å². The Morgan fingerprint density at radius 1 is 1.22 bits per heavy atom. The number of halogens is 3.